The van der Waals surface area contributed by atoms with E-state index in [1.165, 1.54) is 16.7 Å². The number of nitrogens with zero attached hydrogens (tertiary/aromatic N) is 4. The zero-order chi connectivity index (χ0) is 19.8. The van der Waals surface area contributed by atoms with Crippen LogP contribution in [0.5, 0.6) is 0 Å². The molecule has 4 nitrogen and oxygen atoms in total. The zero-order valence-electron chi connectivity index (χ0n) is 16.0. The van der Waals surface area contributed by atoms with Gasteiger partial charge in [-0.15, -0.1) is 11.3 Å². The predicted molar refractivity (Wildman–Crippen MR) is 121 cm³/mol. The van der Waals surface area contributed by atoms with Crippen LogP contribution in [0.1, 0.15) is 11.1 Å². The average molecular weight is 415 g/mol. The van der Waals surface area contributed by atoms with Crippen LogP contribution in [-0.4, -0.2) is 18.9 Å². The monoisotopic (exact) mass is 414 g/mol. The van der Waals surface area contributed by atoms with Gasteiger partial charge in [-0.2, -0.15) is 0 Å². The van der Waals surface area contributed by atoms with Gasteiger partial charge in [0.1, 0.15) is 10.5 Å². The summed E-state index contributed by atoms with van der Waals surface area (Å²) in [5.41, 5.74) is 7.37. The van der Waals surface area contributed by atoms with Gasteiger partial charge in [-0.1, -0.05) is 42.0 Å². The van der Waals surface area contributed by atoms with Crippen molar-refractivity contribution in [1.29, 1.82) is 0 Å². The molecule has 0 spiro atoms. The number of rotatable bonds is 4. The summed E-state index contributed by atoms with van der Waals surface area (Å²) >= 11 is 3.28. The first-order valence-corrected chi connectivity index (χ1v) is 10.9. The lowest BCUT2D eigenvalue weighted by Crippen LogP contribution is -1.87. The Morgan fingerprint density at radius 1 is 0.897 bits per heavy atom. The minimum Gasteiger partial charge on any atom is -0.269 e. The third-order valence-electron chi connectivity index (χ3n) is 4.77. The summed E-state index contributed by atoms with van der Waals surface area (Å²) in [6.45, 7) is 4.21. The molecule has 0 bridgehead atoms. The van der Waals surface area contributed by atoms with Gasteiger partial charge in [0.05, 0.1) is 11.3 Å². The summed E-state index contributed by atoms with van der Waals surface area (Å²) in [6.07, 6.45) is 5.57. The molecule has 5 aromatic rings. The van der Waals surface area contributed by atoms with Crippen LogP contribution in [0.4, 0.5) is 0 Å². The molecule has 2 aromatic carbocycles. The van der Waals surface area contributed by atoms with Crippen LogP contribution in [0, 0.1) is 13.8 Å². The van der Waals surface area contributed by atoms with E-state index in [9.17, 15) is 0 Å². The predicted octanol–water partition coefficient (Wildman–Crippen LogP) is 6.39. The standard InChI is InChI=1S/C23H18N4S2/c1-15-7-9-17(10-8-15)29-27-13-19(21-22(27)25-12-11-24-21)23-26-20(14-28-23)18-6-4-3-5-16(18)2/h3-14H,1-2H3. The van der Waals surface area contributed by atoms with Crippen LogP contribution in [0.15, 0.2) is 77.4 Å². The molecule has 3 aromatic heterocycles. The molecular weight excluding hydrogens is 396 g/mol. The van der Waals surface area contributed by atoms with Gasteiger partial charge in [0.25, 0.3) is 0 Å². The van der Waals surface area contributed by atoms with Crippen molar-refractivity contribution in [2.75, 3.05) is 0 Å². The Labute approximate surface area is 177 Å². The summed E-state index contributed by atoms with van der Waals surface area (Å²) in [6, 6.07) is 16.8. The van der Waals surface area contributed by atoms with Crippen LogP contribution < -0.4 is 0 Å². The van der Waals surface area contributed by atoms with E-state index in [1.807, 2.05) is 0 Å². The van der Waals surface area contributed by atoms with Crippen LogP contribution >= 0.6 is 23.3 Å². The van der Waals surface area contributed by atoms with E-state index in [0.717, 1.165) is 32.3 Å². The fourth-order valence-corrected chi connectivity index (χ4v) is 4.94. The van der Waals surface area contributed by atoms with Crippen molar-refractivity contribution in [3.63, 3.8) is 0 Å². The fraction of sp³-hybridized carbons (Fsp3) is 0.0870. The van der Waals surface area contributed by atoms with Crippen molar-refractivity contribution < 1.29 is 0 Å². The number of fused-ring (bicyclic) bond motifs is 1. The Morgan fingerprint density at radius 3 is 2.52 bits per heavy atom. The highest BCUT2D eigenvalue weighted by Crippen LogP contribution is 2.36. The Bertz CT molecular complexity index is 1300. The largest absolute Gasteiger partial charge is 0.269 e. The smallest absolute Gasteiger partial charge is 0.169 e. The number of hydrogen-bond acceptors (Lipinski definition) is 5. The highest BCUT2D eigenvalue weighted by atomic mass is 32.2. The van der Waals surface area contributed by atoms with Crippen LogP contribution in [0.25, 0.3) is 33.0 Å². The van der Waals surface area contributed by atoms with E-state index < -0.39 is 0 Å². The maximum Gasteiger partial charge on any atom is 0.169 e. The molecule has 0 aliphatic rings. The maximum absolute atomic E-state index is 4.92. The minimum absolute atomic E-state index is 0.848. The van der Waals surface area contributed by atoms with Crippen molar-refractivity contribution in [2.45, 2.75) is 18.7 Å². The quantitative estimate of drug-likeness (QED) is 0.341. The molecule has 5 rings (SSSR count). The SMILES string of the molecule is Cc1ccc(Sn2cc(-c3nc(-c4ccccc4C)cs3)c3nccnc32)cc1. The Hall–Kier alpha value is -2.96. The van der Waals surface area contributed by atoms with Crippen LogP contribution in [-0.2, 0) is 0 Å². The average Bonchev–Trinajstić information content (AvgIpc) is 3.36. The fourth-order valence-electron chi connectivity index (χ4n) is 3.24. The minimum atomic E-state index is 0.848. The number of aromatic nitrogens is 4. The Kier molecular flexibility index (Phi) is 4.66. The summed E-state index contributed by atoms with van der Waals surface area (Å²) in [4.78, 5) is 15.3. The van der Waals surface area contributed by atoms with Gasteiger partial charge >= 0.3 is 0 Å². The van der Waals surface area contributed by atoms with Crippen molar-refractivity contribution in [2.24, 2.45) is 0 Å². The summed E-state index contributed by atoms with van der Waals surface area (Å²) in [7, 11) is 0. The molecular formula is C23H18N4S2. The Balaban J connectivity index is 1.58. The molecule has 0 saturated carbocycles. The second kappa shape index (κ2) is 7.46. The van der Waals surface area contributed by atoms with Crippen LogP contribution in [0.2, 0.25) is 0 Å². The van der Waals surface area contributed by atoms with Gasteiger partial charge in [-0.25, -0.2) is 9.97 Å². The molecule has 0 fully saturated rings. The molecule has 29 heavy (non-hydrogen) atoms. The normalized spacial score (nSPS) is 11.2. The van der Waals surface area contributed by atoms with Gasteiger partial charge in [-0.05, 0) is 43.5 Å². The zero-order valence-corrected chi connectivity index (χ0v) is 17.7. The molecule has 0 unspecified atom stereocenters. The van der Waals surface area contributed by atoms with Crippen LogP contribution in [0.3, 0.4) is 0 Å². The summed E-state index contributed by atoms with van der Waals surface area (Å²) < 4.78 is 2.08. The molecule has 0 radical (unpaired) electrons. The number of thiazole rings is 1. The van der Waals surface area contributed by atoms with E-state index in [2.05, 4.69) is 87.9 Å². The van der Waals surface area contributed by atoms with Crippen molar-refractivity contribution in [3.8, 4) is 21.8 Å². The van der Waals surface area contributed by atoms with Gasteiger partial charge in [-0.3, -0.25) is 8.96 Å². The molecule has 3 heterocycles. The maximum atomic E-state index is 4.92. The van der Waals surface area contributed by atoms with Gasteiger partial charge < -0.3 is 0 Å². The van der Waals surface area contributed by atoms with Gasteiger partial charge in [0, 0.05) is 34.4 Å². The van der Waals surface area contributed by atoms with E-state index in [-0.39, 0.29) is 0 Å². The number of aryl methyl sites for hydroxylation is 2. The van der Waals surface area contributed by atoms with E-state index >= 15 is 0 Å². The summed E-state index contributed by atoms with van der Waals surface area (Å²) in [5.74, 6) is 0. The van der Waals surface area contributed by atoms with Crippen molar-refractivity contribution in [3.05, 3.63) is 83.6 Å². The second-order valence-corrected chi connectivity index (χ2v) is 8.76. The molecule has 0 aliphatic heterocycles. The first-order chi connectivity index (χ1) is 14.2. The van der Waals surface area contributed by atoms with Gasteiger partial charge in [0.15, 0.2) is 5.65 Å². The van der Waals surface area contributed by atoms with E-state index in [4.69, 9.17) is 4.98 Å². The lowest BCUT2D eigenvalue weighted by Gasteiger charge is -2.03. The molecule has 6 heteroatoms. The molecule has 0 N–H and O–H groups in total. The highest BCUT2D eigenvalue weighted by Gasteiger charge is 2.17. The molecule has 142 valence electrons. The summed E-state index contributed by atoms with van der Waals surface area (Å²) in [5, 5.41) is 3.07. The first-order valence-electron chi connectivity index (χ1n) is 9.28. The lowest BCUT2D eigenvalue weighted by molar-refractivity contribution is 1.21. The van der Waals surface area contributed by atoms with E-state index in [1.54, 1.807) is 35.7 Å². The Morgan fingerprint density at radius 2 is 1.69 bits per heavy atom. The molecule has 0 aliphatic carbocycles. The van der Waals surface area contributed by atoms with E-state index in [0.29, 0.717) is 0 Å². The van der Waals surface area contributed by atoms with Gasteiger partial charge in [0.2, 0.25) is 0 Å². The number of hydrogen-bond donors (Lipinski definition) is 0. The second-order valence-electron chi connectivity index (χ2n) is 6.85. The molecule has 0 atom stereocenters. The first kappa shape index (κ1) is 18.1. The number of benzene rings is 2. The topological polar surface area (TPSA) is 43.6 Å². The molecule has 0 amide bonds. The third-order valence-corrected chi connectivity index (χ3v) is 6.60. The van der Waals surface area contributed by atoms with Crippen molar-refractivity contribution in [1.82, 2.24) is 18.9 Å². The lowest BCUT2D eigenvalue weighted by atomic mass is 10.1. The highest BCUT2D eigenvalue weighted by molar-refractivity contribution is 7.98. The van der Waals surface area contributed by atoms with Crippen molar-refractivity contribution >= 4 is 34.4 Å². The molecule has 0 saturated heterocycles. The third kappa shape index (κ3) is 3.45.